The van der Waals surface area contributed by atoms with Gasteiger partial charge in [-0.3, -0.25) is 14.6 Å². The number of benzene rings is 3. The summed E-state index contributed by atoms with van der Waals surface area (Å²) in [4.78, 5) is 17.5. The van der Waals surface area contributed by atoms with Crippen LogP contribution in [-0.2, 0) is 6.54 Å². The van der Waals surface area contributed by atoms with Gasteiger partial charge in [-0.15, -0.1) is 24.8 Å². The van der Waals surface area contributed by atoms with Gasteiger partial charge in [0.1, 0.15) is 29.6 Å². The molecule has 1 unspecified atom stereocenters. The van der Waals surface area contributed by atoms with Crippen LogP contribution < -0.4 is 10.2 Å². The molecule has 0 bridgehead atoms. The average Bonchev–Trinajstić information content (AvgIpc) is 2.85. The second-order valence-electron chi connectivity index (χ2n) is 8.61. The zero-order valence-electron chi connectivity index (χ0n) is 19.3. The molecule has 1 aliphatic rings. The van der Waals surface area contributed by atoms with Gasteiger partial charge < -0.3 is 14.3 Å². The Balaban J connectivity index is 0.00000171. The summed E-state index contributed by atoms with van der Waals surface area (Å²) < 4.78 is 11.7. The Morgan fingerprint density at radius 1 is 0.829 bits per heavy atom. The summed E-state index contributed by atoms with van der Waals surface area (Å²) in [5, 5.41) is 11.5. The van der Waals surface area contributed by atoms with Crippen molar-refractivity contribution in [3.05, 3.63) is 88.6 Å². The van der Waals surface area contributed by atoms with Gasteiger partial charge in [-0.05, 0) is 35.9 Å². The lowest BCUT2D eigenvalue weighted by atomic mass is 10.1. The zero-order chi connectivity index (χ0) is 22.6. The molecule has 1 aromatic heterocycles. The molecule has 4 aromatic rings. The standard InChI is InChI=1S/C27H28N2O4.2ClH/c30-21(18-29-14-12-28(13-15-29)17-20-6-2-1-3-7-20)19-32-22-10-11-26-24(16-22)27(31)23-8-4-5-9-25(23)33-26;;/h1-11,16,21,30H,12-15,17-19H2;2*1H. The van der Waals surface area contributed by atoms with Crippen LogP contribution in [0.15, 0.2) is 82.0 Å². The molecule has 0 saturated carbocycles. The number of hydrogen-bond donors (Lipinski definition) is 1. The normalized spacial score (nSPS) is 15.3. The Hall–Kier alpha value is -2.61. The maximum absolute atomic E-state index is 12.8. The van der Waals surface area contributed by atoms with Gasteiger partial charge in [0.25, 0.3) is 0 Å². The van der Waals surface area contributed by atoms with Crippen molar-refractivity contribution in [2.24, 2.45) is 0 Å². The first-order valence-electron chi connectivity index (χ1n) is 11.4. The number of nitrogens with zero attached hydrogens (tertiary/aromatic N) is 2. The van der Waals surface area contributed by atoms with E-state index in [1.54, 1.807) is 30.3 Å². The van der Waals surface area contributed by atoms with Crippen LogP contribution in [0.25, 0.3) is 21.9 Å². The van der Waals surface area contributed by atoms with E-state index in [9.17, 15) is 9.90 Å². The summed E-state index contributed by atoms with van der Waals surface area (Å²) in [5.74, 6) is 0.553. The van der Waals surface area contributed by atoms with Gasteiger partial charge in [0.05, 0.1) is 10.8 Å². The van der Waals surface area contributed by atoms with Crippen molar-refractivity contribution < 1.29 is 14.3 Å². The zero-order valence-corrected chi connectivity index (χ0v) is 21.0. The molecule has 1 aliphatic heterocycles. The number of aliphatic hydroxyl groups excluding tert-OH is 1. The van der Waals surface area contributed by atoms with E-state index in [0.717, 1.165) is 32.7 Å². The van der Waals surface area contributed by atoms with Crippen LogP contribution in [0.5, 0.6) is 5.75 Å². The molecule has 2 heterocycles. The van der Waals surface area contributed by atoms with Gasteiger partial charge in [0.15, 0.2) is 0 Å². The molecule has 35 heavy (non-hydrogen) atoms. The molecule has 1 atom stereocenters. The predicted molar refractivity (Wildman–Crippen MR) is 144 cm³/mol. The summed E-state index contributed by atoms with van der Waals surface area (Å²) in [7, 11) is 0. The van der Waals surface area contributed by atoms with Crippen molar-refractivity contribution in [3.8, 4) is 5.75 Å². The maximum atomic E-state index is 12.8. The minimum absolute atomic E-state index is 0. The summed E-state index contributed by atoms with van der Waals surface area (Å²) in [6, 6.07) is 22.9. The second-order valence-corrected chi connectivity index (χ2v) is 8.61. The molecule has 0 aliphatic carbocycles. The number of ether oxygens (including phenoxy) is 1. The van der Waals surface area contributed by atoms with E-state index < -0.39 is 6.10 Å². The van der Waals surface area contributed by atoms with Crippen molar-refractivity contribution >= 4 is 46.8 Å². The highest BCUT2D eigenvalue weighted by Gasteiger charge is 2.20. The van der Waals surface area contributed by atoms with Gasteiger partial charge in [-0.1, -0.05) is 42.5 Å². The first-order chi connectivity index (χ1) is 16.2. The van der Waals surface area contributed by atoms with E-state index in [1.807, 2.05) is 18.2 Å². The Morgan fingerprint density at radius 2 is 1.49 bits per heavy atom. The highest BCUT2D eigenvalue weighted by atomic mass is 35.5. The average molecular weight is 517 g/mol. The van der Waals surface area contributed by atoms with Crippen LogP contribution in [0.4, 0.5) is 0 Å². The number of rotatable bonds is 7. The number of para-hydroxylation sites is 1. The molecule has 1 saturated heterocycles. The van der Waals surface area contributed by atoms with Crippen LogP contribution in [0.3, 0.4) is 0 Å². The molecular formula is C27H30Cl2N2O4. The summed E-state index contributed by atoms with van der Waals surface area (Å²) in [6.07, 6.45) is -0.602. The monoisotopic (exact) mass is 516 g/mol. The van der Waals surface area contributed by atoms with Gasteiger partial charge in [0.2, 0.25) is 5.43 Å². The molecule has 3 aromatic carbocycles. The minimum atomic E-state index is -0.602. The van der Waals surface area contributed by atoms with Gasteiger partial charge in [-0.25, -0.2) is 0 Å². The third-order valence-corrected chi connectivity index (χ3v) is 6.17. The fraction of sp³-hybridized carbons (Fsp3) is 0.296. The molecule has 1 N–H and O–H groups in total. The molecule has 5 rings (SSSR count). The van der Waals surface area contributed by atoms with Crippen LogP contribution in [0.2, 0.25) is 0 Å². The molecular weight excluding hydrogens is 487 g/mol. The Morgan fingerprint density at radius 3 is 2.26 bits per heavy atom. The minimum Gasteiger partial charge on any atom is -0.491 e. The van der Waals surface area contributed by atoms with Crippen molar-refractivity contribution in [2.45, 2.75) is 12.6 Å². The van der Waals surface area contributed by atoms with Crippen molar-refractivity contribution in [1.29, 1.82) is 0 Å². The Labute approximate surface area is 216 Å². The summed E-state index contributed by atoms with van der Waals surface area (Å²) in [6.45, 7) is 5.52. The number of hydrogen-bond acceptors (Lipinski definition) is 6. The molecule has 0 spiro atoms. The van der Waals surface area contributed by atoms with E-state index >= 15 is 0 Å². The number of fused-ring (bicyclic) bond motifs is 2. The van der Waals surface area contributed by atoms with Gasteiger partial charge >= 0.3 is 0 Å². The SMILES string of the molecule is Cl.Cl.O=c1c2ccccc2oc2ccc(OCC(O)CN3CCN(Cc4ccccc4)CC3)cc12. The highest BCUT2D eigenvalue weighted by molar-refractivity contribution is 5.90. The third-order valence-electron chi connectivity index (χ3n) is 6.17. The second kappa shape index (κ2) is 12.4. The molecule has 1 fully saturated rings. The van der Waals surface area contributed by atoms with E-state index in [-0.39, 0.29) is 36.8 Å². The smallest absolute Gasteiger partial charge is 0.200 e. The fourth-order valence-corrected chi connectivity index (χ4v) is 4.39. The van der Waals surface area contributed by atoms with Gasteiger partial charge in [-0.2, -0.15) is 0 Å². The lowest BCUT2D eigenvalue weighted by Crippen LogP contribution is -2.48. The largest absolute Gasteiger partial charge is 0.491 e. The van der Waals surface area contributed by atoms with E-state index in [1.165, 1.54) is 5.56 Å². The quantitative estimate of drug-likeness (QED) is 0.368. The van der Waals surface area contributed by atoms with Crippen LogP contribution in [-0.4, -0.2) is 60.3 Å². The van der Waals surface area contributed by atoms with Crippen LogP contribution in [0.1, 0.15) is 5.56 Å². The lowest BCUT2D eigenvalue weighted by molar-refractivity contribution is 0.0446. The van der Waals surface area contributed by atoms with Crippen LogP contribution >= 0.6 is 24.8 Å². The molecule has 186 valence electrons. The number of halogens is 2. The molecule has 8 heteroatoms. The number of aliphatic hydroxyl groups is 1. The van der Waals surface area contributed by atoms with Crippen molar-refractivity contribution in [1.82, 2.24) is 9.80 Å². The molecule has 0 radical (unpaired) electrons. The lowest BCUT2D eigenvalue weighted by Gasteiger charge is -2.35. The van der Waals surface area contributed by atoms with Crippen LogP contribution in [0, 0.1) is 0 Å². The summed E-state index contributed by atoms with van der Waals surface area (Å²) >= 11 is 0. The molecule has 6 nitrogen and oxygen atoms in total. The number of β-amino-alcohol motifs (C(OH)–C–C–N with tert-alkyl or cyclic N) is 1. The van der Waals surface area contributed by atoms with E-state index in [2.05, 4.69) is 34.1 Å². The van der Waals surface area contributed by atoms with Crippen molar-refractivity contribution in [3.63, 3.8) is 0 Å². The first-order valence-corrected chi connectivity index (χ1v) is 11.4. The van der Waals surface area contributed by atoms with Crippen molar-refractivity contribution in [2.75, 3.05) is 39.3 Å². The third kappa shape index (κ3) is 6.54. The Bertz CT molecular complexity index is 1290. The van der Waals surface area contributed by atoms with E-state index in [0.29, 0.717) is 34.2 Å². The Kier molecular flexibility index (Phi) is 9.55. The fourth-order valence-electron chi connectivity index (χ4n) is 4.39. The predicted octanol–water partition coefficient (Wildman–Crippen LogP) is 4.35. The number of piperazine rings is 1. The molecule has 0 amide bonds. The topological polar surface area (TPSA) is 66.2 Å². The summed E-state index contributed by atoms with van der Waals surface area (Å²) in [5.41, 5.74) is 2.35. The first kappa shape index (κ1) is 27.0. The maximum Gasteiger partial charge on any atom is 0.200 e. The van der Waals surface area contributed by atoms with Gasteiger partial charge in [0, 0.05) is 39.3 Å². The van der Waals surface area contributed by atoms with E-state index in [4.69, 9.17) is 9.15 Å². The highest BCUT2D eigenvalue weighted by Crippen LogP contribution is 2.22.